The largest absolute Gasteiger partial charge is 0.493 e. The number of rotatable bonds is 9. The van der Waals surface area contributed by atoms with Gasteiger partial charge in [-0.25, -0.2) is 0 Å². The van der Waals surface area contributed by atoms with Crippen LogP contribution in [-0.2, 0) is 4.79 Å². The zero-order valence-electron chi connectivity index (χ0n) is 12.6. The van der Waals surface area contributed by atoms with Crippen molar-refractivity contribution in [1.29, 1.82) is 0 Å². The molecule has 0 bridgehead atoms. The Morgan fingerprint density at radius 2 is 2.15 bits per heavy atom. The minimum Gasteiger partial charge on any atom is -0.493 e. The number of benzene rings is 1. The van der Waals surface area contributed by atoms with E-state index in [-0.39, 0.29) is 5.91 Å². The lowest BCUT2D eigenvalue weighted by atomic mass is 10.2. The standard InChI is InChI=1S/C16H26N2O2/c1-3-4-10-18(11-9-17)16(19)8-12-20-15-7-5-6-14(2)13-15/h5-7,13H,3-4,8-12,17H2,1-2H3. The van der Waals surface area contributed by atoms with Gasteiger partial charge in [0.25, 0.3) is 0 Å². The number of nitrogens with zero attached hydrogens (tertiary/aromatic N) is 1. The lowest BCUT2D eigenvalue weighted by Crippen LogP contribution is -2.36. The number of amides is 1. The topological polar surface area (TPSA) is 55.6 Å². The molecule has 1 aromatic carbocycles. The molecule has 0 aliphatic carbocycles. The van der Waals surface area contributed by atoms with Gasteiger partial charge in [-0.3, -0.25) is 4.79 Å². The Labute approximate surface area is 121 Å². The van der Waals surface area contributed by atoms with E-state index in [1.807, 2.05) is 36.1 Å². The lowest BCUT2D eigenvalue weighted by Gasteiger charge is -2.21. The van der Waals surface area contributed by atoms with E-state index in [1.165, 1.54) is 0 Å². The summed E-state index contributed by atoms with van der Waals surface area (Å²) in [6.45, 7) is 6.47. The van der Waals surface area contributed by atoms with Crippen LogP contribution in [0.4, 0.5) is 0 Å². The lowest BCUT2D eigenvalue weighted by molar-refractivity contribution is -0.131. The van der Waals surface area contributed by atoms with Crippen LogP contribution in [0, 0.1) is 6.92 Å². The first kappa shape index (κ1) is 16.5. The van der Waals surface area contributed by atoms with Crippen molar-refractivity contribution in [3.63, 3.8) is 0 Å². The molecule has 0 radical (unpaired) electrons. The maximum absolute atomic E-state index is 12.1. The highest BCUT2D eigenvalue weighted by Crippen LogP contribution is 2.12. The van der Waals surface area contributed by atoms with E-state index < -0.39 is 0 Å². The number of nitrogens with two attached hydrogens (primary N) is 1. The first-order chi connectivity index (χ1) is 9.67. The van der Waals surface area contributed by atoms with Crippen molar-refractivity contribution in [2.45, 2.75) is 33.1 Å². The van der Waals surface area contributed by atoms with Gasteiger partial charge in [0.1, 0.15) is 5.75 Å². The first-order valence-electron chi connectivity index (χ1n) is 7.34. The summed E-state index contributed by atoms with van der Waals surface area (Å²) in [5, 5.41) is 0. The molecule has 1 rings (SSSR count). The minimum atomic E-state index is 0.122. The molecule has 1 amide bonds. The molecule has 4 heteroatoms. The summed E-state index contributed by atoms with van der Waals surface area (Å²) in [7, 11) is 0. The summed E-state index contributed by atoms with van der Waals surface area (Å²) in [5.41, 5.74) is 6.70. The number of hydrogen-bond donors (Lipinski definition) is 1. The summed E-state index contributed by atoms with van der Waals surface area (Å²) < 4.78 is 5.61. The molecule has 1 aromatic rings. The molecular weight excluding hydrogens is 252 g/mol. The molecular formula is C16H26N2O2. The van der Waals surface area contributed by atoms with Gasteiger partial charge >= 0.3 is 0 Å². The molecule has 0 aliphatic rings. The second kappa shape index (κ2) is 9.37. The average Bonchev–Trinajstić information content (AvgIpc) is 2.43. The van der Waals surface area contributed by atoms with Crippen molar-refractivity contribution in [3.05, 3.63) is 29.8 Å². The maximum Gasteiger partial charge on any atom is 0.226 e. The number of hydrogen-bond acceptors (Lipinski definition) is 3. The van der Waals surface area contributed by atoms with Gasteiger partial charge in [0.15, 0.2) is 0 Å². The number of carbonyl (C=O) groups is 1. The fraction of sp³-hybridized carbons (Fsp3) is 0.562. The zero-order chi connectivity index (χ0) is 14.8. The SMILES string of the molecule is CCCCN(CCN)C(=O)CCOc1cccc(C)c1. The third-order valence-corrected chi connectivity index (χ3v) is 3.11. The van der Waals surface area contributed by atoms with Crippen LogP contribution >= 0.6 is 0 Å². The average molecular weight is 278 g/mol. The predicted molar refractivity (Wildman–Crippen MR) is 81.8 cm³/mol. The van der Waals surface area contributed by atoms with Crippen LogP contribution in [-0.4, -0.2) is 37.0 Å². The van der Waals surface area contributed by atoms with Gasteiger partial charge < -0.3 is 15.4 Å². The molecule has 0 saturated heterocycles. The molecule has 2 N–H and O–H groups in total. The molecule has 0 saturated carbocycles. The van der Waals surface area contributed by atoms with E-state index in [0.717, 1.165) is 30.7 Å². The smallest absolute Gasteiger partial charge is 0.226 e. The summed E-state index contributed by atoms with van der Waals surface area (Å²) in [4.78, 5) is 13.9. The third kappa shape index (κ3) is 6.06. The van der Waals surface area contributed by atoms with Gasteiger partial charge in [-0.05, 0) is 31.0 Å². The normalized spacial score (nSPS) is 10.3. The van der Waals surface area contributed by atoms with E-state index >= 15 is 0 Å². The van der Waals surface area contributed by atoms with Gasteiger partial charge in [-0.1, -0.05) is 25.5 Å². The van der Waals surface area contributed by atoms with Gasteiger partial charge in [0, 0.05) is 19.6 Å². The molecule has 0 atom stereocenters. The molecule has 0 aromatic heterocycles. The van der Waals surface area contributed by atoms with Crippen LogP contribution < -0.4 is 10.5 Å². The highest BCUT2D eigenvalue weighted by molar-refractivity contribution is 5.76. The van der Waals surface area contributed by atoms with Gasteiger partial charge in [0.05, 0.1) is 13.0 Å². The zero-order valence-corrected chi connectivity index (χ0v) is 12.6. The molecule has 4 nitrogen and oxygen atoms in total. The van der Waals surface area contributed by atoms with Crippen molar-refractivity contribution in [2.75, 3.05) is 26.2 Å². The van der Waals surface area contributed by atoms with Crippen molar-refractivity contribution in [3.8, 4) is 5.75 Å². The van der Waals surface area contributed by atoms with Crippen LogP contribution in [0.2, 0.25) is 0 Å². The summed E-state index contributed by atoms with van der Waals surface area (Å²) in [5.74, 6) is 0.938. The van der Waals surface area contributed by atoms with E-state index in [9.17, 15) is 4.79 Å². The summed E-state index contributed by atoms with van der Waals surface area (Å²) >= 11 is 0. The molecule has 0 spiro atoms. The molecule has 112 valence electrons. The van der Waals surface area contributed by atoms with Crippen LogP contribution in [0.3, 0.4) is 0 Å². The van der Waals surface area contributed by atoms with Gasteiger partial charge in [-0.2, -0.15) is 0 Å². The fourth-order valence-electron chi connectivity index (χ4n) is 1.99. The first-order valence-corrected chi connectivity index (χ1v) is 7.34. The van der Waals surface area contributed by atoms with Crippen molar-refractivity contribution >= 4 is 5.91 Å². The second-order valence-corrected chi connectivity index (χ2v) is 4.94. The highest BCUT2D eigenvalue weighted by Gasteiger charge is 2.12. The predicted octanol–water partition coefficient (Wildman–Crippen LogP) is 2.35. The number of aryl methyl sites for hydroxylation is 1. The Kier molecular flexibility index (Phi) is 7.73. The van der Waals surface area contributed by atoms with E-state index in [2.05, 4.69) is 6.92 Å². The quantitative estimate of drug-likeness (QED) is 0.754. The summed E-state index contributed by atoms with van der Waals surface area (Å²) in [6.07, 6.45) is 2.50. The van der Waals surface area contributed by atoms with Crippen molar-refractivity contribution in [2.24, 2.45) is 5.73 Å². The highest BCUT2D eigenvalue weighted by atomic mass is 16.5. The number of carbonyl (C=O) groups excluding carboxylic acids is 1. The molecule has 20 heavy (non-hydrogen) atoms. The van der Waals surface area contributed by atoms with Crippen molar-refractivity contribution in [1.82, 2.24) is 4.90 Å². The Hall–Kier alpha value is -1.55. The fourth-order valence-corrected chi connectivity index (χ4v) is 1.99. The Morgan fingerprint density at radius 3 is 2.80 bits per heavy atom. The van der Waals surface area contributed by atoms with Crippen LogP contribution in [0.5, 0.6) is 5.75 Å². The number of ether oxygens (including phenoxy) is 1. The second-order valence-electron chi connectivity index (χ2n) is 4.94. The van der Waals surface area contributed by atoms with Crippen LogP contribution in [0.1, 0.15) is 31.7 Å². The van der Waals surface area contributed by atoms with E-state index in [0.29, 0.717) is 26.1 Å². The van der Waals surface area contributed by atoms with E-state index in [4.69, 9.17) is 10.5 Å². The Bertz CT molecular complexity index is 407. The molecule has 0 unspecified atom stereocenters. The monoisotopic (exact) mass is 278 g/mol. The Morgan fingerprint density at radius 1 is 1.35 bits per heavy atom. The van der Waals surface area contributed by atoms with Crippen molar-refractivity contribution < 1.29 is 9.53 Å². The summed E-state index contributed by atoms with van der Waals surface area (Å²) in [6, 6.07) is 7.85. The van der Waals surface area contributed by atoms with E-state index in [1.54, 1.807) is 0 Å². The molecule has 0 heterocycles. The molecule has 0 aliphatic heterocycles. The third-order valence-electron chi connectivity index (χ3n) is 3.11. The van der Waals surface area contributed by atoms with Crippen LogP contribution in [0.25, 0.3) is 0 Å². The van der Waals surface area contributed by atoms with Crippen LogP contribution in [0.15, 0.2) is 24.3 Å². The number of unbranched alkanes of at least 4 members (excludes halogenated alkanes) is 1. The van der Waals surface area contributed by atoms with Gasteiger partial charge in [-0.15, -0.1) is 0 Å². The minimum absolute atomic E-state index is 0.122. The Balaban J connectivity index is 2.36. The van der Waals surface area contributed by atoms with Gasteiger partial charge in [0.2, 0.25) is 5.91 Å². The maximum atomic E-state index is 12.1. The molecule has 0 fully saturated rings.